The second-order valence-electron chi connectivity index (χ2n) is 7.81. The molecule has 0 atom stereocenters. The predicted octanol–water partition coefficient (Wildman–Crippen LogP) is 5.91. The molecule has 0 aromatic heterocycles. The molecule has 0 radical (unpaired) electrons. The molecule has 138 valence electrons. The summed E-state index contributed by atoms with van der Waals surface area (Å²) in [6, 6.07) is 18.4. The Balaban J connectivity index is 1.75. The van der Waals surface area contributed by atoms with Gasteiger partial charge in [0.1, 0.15) is 18.0 Å². The molecule has 0 amide bonds. The van der Waals surface area contributed by atoms with E-state index in [-0.39, 0.29) is 5.60 Å². The lowest BCUT2D eigenvalue weighted by Crippen LogP contribution is -2.30. The number of anilines is 1. The van der Waals surface area contributed by atoms with Gasteiger partial charge in [0.2, 0.25) is 0 Å². The number of nitrogens with zero attached hydrogens (tertiary/aromatic N) is 1. The molecule has 1 saturated carbocycles. The van der Waals surface area contributed by atoms with Crippen molar-refractivity contribution in [1.82, 2.24) is 0 Å². The SMILES string of the molecule is CN(C(OC(C)(C)C)=C1CCC1)c1cccc(OCc2ccccc2)c1. The van der Waals surface area contributed by atoms with Crippen LogP contribution in [0.2, 0.25) is 0 Å². The lowest BCUT2D eigenvalue weighted by molar-refractivity contribution is 0.0449. The Kier molecular flexibility index (Phi) is 5.55. The Morgan fingerprint density at radius 2 is 1.73 bits per heavy atom. The zero-order valence-electron chi connectivity index (χ0n) is 16.3. The maximum Gasteiger partial charge on any atom is 0.193 e. The maximum absolute atomic E-state index is 6.29. The first-order valence-electron chi connectivity index (χ1n) is 9.34. The number of hydrogen-bond donors (Lipinski definition) is 0. The highest BCUT2D eigenvalue weighted by Crippen LogP contribution is 2.35. The standard InChI is InChI=1S/C23H29NO2/c1-23(2,3)26-22(19-12-8-13-19)24(4)20-14-9-15-21(16-20)25-17-18-10-6-5-7-11-18/h5-7,9-11,14-16H,8,12-13,17H2,1-4H3. The van der Waals surface area contributed by atoms with Gasteiger partial charge in [0.15, 0.2) is 5.88 Å². The minimum atomic E-state index is -0.215. The van der Waals surface area contributed by atoms with Crippen molar-refractivity contribution < 1.29 is 9.47 Å². The van der Waals surface area contributed by atoms with Crippen molar-refractivity contribution in [2.75, 3.05) is 11.9 Å². The van der Waals surface area contributed by atoms with Gasteiger partial charge in [0, 0.05) is 18.8 Å². The summed E-state index contributed by atoms with van der Waals surface area (Å²) in [6.07, 6.45) is 3.50. The average molecular weight is 351 g/mol. The zero-order chi connectivity index (χ0) is 18.6. The minimum Gasteiger partial charge on any atom is -0.489 e. The Morgan fingerprint density at radius 3 is 2.35 bits per heavy atom. The van der Waals surface area contributed by atoms with Gasteiger partial charge in [-0.3, -0.25) is 0 Å². The van der Waals surface area contributed by atoms with Gasteiger partial charge >= 0.3 is 0 Å². The van der Waals surface area contributed by atoms with Gasteiger partial charge in [0.25, 0.3) is 0 Å². The van der Waals surface area contributed by atoms with Crippen LogP contribution < -0.4 is 9.64 Å². The van der Waals surface area contributed by atoms with E-state index in [0.29, 0.717) is 6.61 Å². The molecule has 2 aromatic rings. The number of hydrogen-bond acceptors (Lipinski definition) is 3. The van der Waals surface area contributed by atoms with E-state index in [1.54, 1.807) is 0 Å². The quantitative estimate of drug-likeness (QED) is 0.604. The summed E-state index contributed by atoms with van der Waals surface area (Å²) in [5.74, 6) is 1.86. The summed E-state index contributed by atoms with van der Waals surface area (Å²) in [7, 11) is 2.07. The maximum atomic E-state index is 6.29. The first-order chi connectivity index (χ1) is 12.4. The highest BCUT2D eigenvalue weighted by Gasteiger charge is 2.24. The van der Waals surface area contributed by atoms with E-state index >= 15 is 0 Å². The fraction of sp³-hybridized carbons (Fsp3) is 0.391. The van der Waals surface area contributed by atoms with Crippen molar-refractivity contribution in [2.24, 2.45) is 0 Å². The van der Waals surface area contributed by atoms with Crippen molar-refractivity contribution in [1.29, 1.82) is 0 Å². The molecule has 0 spiro atoms. The molecule has 3 rings (SSSR count). The van der Waals surface area contributed by atoms with Gasteiger partial charge in [-0.2, -0.15) is 0 Å². The van der Waals surface area contributed by atoms with Crippen LogP contribution in [0, 0.1) is 0 Å². The van der Waals surface area contributed by atoms with Crippen LogP contribution in [0.3, 0.4) is 0 Å². The first-order valence-corrected chi connectivity index (χ1v) is 9.34. The average Bonchev–Trinajstić information content (AvgIpc) is 2.57. The molecule has 1 aliphatic rings. The highest BCUT2D eigenvalue weighted by atomic mass is 16.5. The van der Waals surface area contributed by atoms with Crippen molar-refractivity contribution in [3.05, 3.63) is 71.6 Å². The van der Waals surface area contributed by atoms with Crippen LogP contribution in [-0.2, 0) is 11.3 Å². The zero-order valence-corrected chi connectivity index (χ0v) is 16.3. The van der Waals surface area contributed by atoms with E-state index < -0.39 is 0 Å². The van der Waals surface area contributed by atoms with E-state index in [9.17, 15) is 0 Å². The smallest absolute Gasteiger partial charge is 0.193 e. The molecule has 0 unspecified atom stereocenters. The second-order valence-corrected chi connectivity index (χ2v) is 7.81. The normalized spacial score (nSPS) is 13.8. The van der Waals surface area contributed by atoms with Gasteiger partial charge in [-0.05, 0) is 63.3 Å². The molecule has 0 heterocycles. The molecule has 3 nitrogen and oxygen atoms in total. The highest BCUT2D eigenvalue weighted by molar-refractivity contribution is 5.54. The molecule has 1 fully saturated rings. The Morgan fingerprint density at radius 1 is 1.00 bits per heavy atom. The summed E-state index contributed by atoms with van der Waals surface area (Å²) >= 11 is 0. The van der Waals surface area contributed by atoms with Crippen molar-refractivity contribution in [2.45, 2.75) is 52.2 Å². The van der Waals surface area contributed by atoms with Crippen LogP contribution in [-0.4, -0.2) is 12.6 Å². The molecule has 0 bridgehead atoms. The number of rotatable bonds is 6. The molecular weight excluding hydrogens is 322 g/mol. The van der Waals surface area contributed by atoms with Crippen molar-refractivity contribution in [3.63, 3.8) is 0 Å². The van der Waals surface area contributed by atoms with Gasteiger partial charge in [-0.15, -0.1) is 0 Å². The van der Waals surface area contributed by atoms with E-state index in [2.05, 4.69) is 57.0 Å². The molecule has 0 aliphatic heterocycles. The molecular formula is C23H29NO2. The van der Waals surface area contributed by atoms with Gasteiger partial charge < -0.3 is 14.4 Å². The van der Waals surface area contributed by atoms with Gasteiger partial charge in [-0.1, -0.05) is 36.4 Å². The summed E-state index contributed by atoms with van der Waals surface area (Å²) < 4.78 is 12.3. The third kappa shape index (κ3) is 4.81. The lowest BCUT2D eigenvalue weighted by atomic mass is 9.92. The monoisotopic (exact) mass is 351 g/mol. The van der Waals surface area contributed by atoms with Crippen LogP contribution in [0.5, 0.6) is 5.75 Å². The van der Waals surface area contributed by atoms with Crippen molar-refractivity contribution in [3.8, 4) is 5.75 Å². The van der Waals surface area contributed by atoms with E-state index in [4.69, 9.17) is 9.47 Å². The third-order valence-electron chi connectivity index (χ3n) is 4.42. The predicted molar refractivity (Wildman–Crippen MR) is 107 cm³/mol. The van der Waals surface area contributed by atoms with E-state index in [1.807, 2.05) is 30.3 Å². The Hall–Kier alpha value is -2.42. The summed E-state index contributed by atoms with van der Waals surface area (Å²) in [6.45, 7) is 6.86. The van der Waals surface area contributed by atoms with Crippen LogP contribution in [0.25, 0.3) is 0 Å². The summed E-state index contributed by atoms with van der Waals surface area (Å²) in [5, 5.41) is 0. The number of benzene rings is 2. The molecule has 2 aromatic carbocycles. The van der Waals surface area contributed by atoms with Gasteiger partial charge in [0.05, 0.1) is 0 Å². The Labute approximate surface area is 157 Å². The number of allylic oxidation sites excluding steroid dienone is 1. The molecule has 0 saturated heterocycles. The summed E-state index contributed by atoms with van der Waals surface area (Å²) in [5.41, 5.74) is 3.43. The van der Waals surface area contributed by atoms with E-state index in [0.717, 1.165) is 30.2 Å². The largest absolute Gasteiger partial charge is 0.489 e. The fourth-order valence-corrected chi connectivity index (χ4v) is 2.88. The van der Waals surface area contributed by atoms with Crippen molar-refractivity contribution >= 4 is 5.69 Å². The van der Waals surface area contributed by atoms with Gasteiger partial charge in [-0.25, -0.2) is 0 Å². The lowest BCUT2D eigenvalue weighted by Gasteiger charge is -2.34. The van der Waals surface area contributed by atoms with Crippen LogP contribution in [0.4, 0.5) is 5.69 Å². The number of ether oxygens (including phenoxy) is 2. The van der Waals surface area contributed by atoms with Crippen LogP contribution >= 0.6 is 0 Å². The molecule has 3 heteroatoms. The molecule has 1 aliphatic carbocycles. The van der Waals surface area contributed by atoms with E-state index in [1.165, 1.54) is 17.6 Å². The molecule has 0 N–H and O–H groups in total. The third-order valence-corrected chi connectivity index (χ3v) is 4.42. The first kappa shape index (κ1) is 18.4. The molecule has 26 heavy (non-hydrogen) atoms. The fourth-order valence-electron chi connectivity index (χ4n) is 2.88. The van der Waals surface area contributed by atoms with Crippen LogP contribution in [0.15, 0.2) is 66.1 Å². The minimum absolute atomic E-state index is 0.215. The van der Waals surface area contributed by atoms with Crippen LogP contribution in [0.1, 0.15) is 45.6 Å². The topological polar surface area (TPSA) is 21.7 Å². The second kappa shape index (κ2) is 7.86. The summed E-state index contributed by atoms with van der Waals surface area (Å²) in [4.78, 5) is 2.15. The Bertz CT molecular complexity index is 753.